The molecule has 0 aromatic heterocycles. The molecule has 0 radical (unpaired) electrons. The molecule has 2 rings (SSSR count). The number of rotatable bonds is 10. The Hall–Kier alpha value is -2.44. The van der Waals surface area contributed by atoms with Crippen molar-refractivity contribution in [3.05, 3.63) is 29.1 Å². The number of benzene rings is 1. The monoisotopic (exact) mass is 624 g/mol. The SMILES string of the molecule is CC(C)C1C(=O)N(c2c(F)c(F)c(F)c(F)c2F)C(=S)N1CCSCCOC(=O)C(F)(F)C(F)(F)C(F)(F)F. The van der Waals surface area contributed by atoms with E-state index in [0.29, 0.717) is 0 Å². The van der Waals surface area contributed by atoms with E-state index in [-0.39, 0.29) is 17.2 Å². The molecule has 1 heterocycles. The van der Waals surface area contributed by atoms with Crippen molar-refractivity contribution in [1.29, 1.82) is 0 Å². The minimum atomic E-state index is -6.73. The lowest BCUT2D eigenvalue weighted by Crippen LogP contribution is -2.56. The first-order valence-electron chi connectivity index (χ1n) is 10.4. The van der Waals surface area contributed by atoms with E-state index >= 15 is 0 Å². The second kappa shape index (κ2) is 11.6. The van der Waals surface area contributed by atoms with Gasteiger partial charge in [0, 0.05) is 18.1 Å². The molecule has 1 aromatic carbocycles. The summed E-state index contributed by atoms with van der Waals surface area (Å²) in [4.78, 5) is 25.2. The minimum Gasteiger partial charge on any atom is -0.460 e. The van der Waals surface area contributed by atoms with E-state index in [1.54, 1.807) is 0 Å². The number of hydrogen-bond donors (Lipinski definition) is 0. The van der Waals surface area contributed by atoms with Crippen LogP contribution in [0.25, 0.3) is 0 Å². The van der Waals surface area contributed by atoms with Gasteiger partial charge < -0.3 is 9.64 Å². The summed E-state index contributed by atoms with van der Waals surface area (Å²) < 4.78 is 162. The molecule has 0 bridgehead atoms. The lowest BCUT2D eigenvalue weighted by Gasteiger charge is -2.26. The normalized spacial score (nSPS) is 17.1. The highest BCUT2D eigenvalue weighted by Crippen LogP contribution is 2.47. The maximum absolute atomic E-state index is 14.3. The van der Waals surface area contributed by atoms with Crippen molar-refractivity contribution >= 4 is 46.7 Å². The number of nitrogens with zero attached hydrogens (tertiary/aromatic N) is 2. The average Bonchev–Trinajstić information content (AvgIpc) is 3.07. The van der Waals surface area contributed by atoms with Crippen LogP contribution in [0.5, 0.6) is 0 Å². The molecular formula is C20H16F12N2O3S2. The van der Waals surface area contributed by atoms with Crippen LogP contribution in [0.2, 0.25) is 0 Å². The summed E-state index contributed by atoms with van der Waals surface area (Å²) in [5.74, 6) is -30.0. The van der Waals surface area contributed by atoms with E-state index < -0.39 is 94.1 Å². The van der Waals surface area contributed by atoms with Crippen molar-refractivity contribution in [3.8, 4) is 0 Å². The average molecular weight is 624 g/mol. The molecule has 1 amide bonds. The second-order valence-electron chi connectivity index (χ2n) is 8.15. The van der Waals surface area contributed by atoms with Crippen LogP contribution in [0.4, 0.5) is 58.4 Å². The summed E-state index contributed by atoms with van der Waals surface area (Å²) in [7, 11) is 0. The van der Waals surface area contributed by atoms with Gasteiger partial charge in [0.05, 0.1) is 0 Å². The molecule has 1 fully saturated rings. The molecule has 19 heteroatoms. The topological polar surface area (TPSA) is 49.9 Å². The lowest BCUT2D eigenvalue weighted by atomic mass is 10.0. The molecule has 0 N–H and O–H groups in total. The van der Waals surface area contributed by atoms with E-state index in [4.69, 9.17) is 12.2 Å². The van der Waals surface area contributed by atoms with Gasteiger partial charge in [-0.25, -0.2) is 31.6 Å². The van der Waals surface area contributed by atoms with Crippen molar-refractivity contribution in [2.24, 2.45) is 5.92 Å². The Balaban J connectivity index is 2.07. The van der Waals surface area contributed by atoms with Crippen LogP contribution in [0.3, 0.4) is 0 Å². The summed E-state index contributed by atoms with van der Waals surface area (Å²) in [6.45, 7) is 1.67. The number of thioether (sulfide) groups is 1. The van der Waals surface area contributed by atoms with Crippen molar-refractivity contribution in [1.82, 2.24) is 4.90 Å². The van der Waals surface area contributed by atoms with Gasteiger partial charge in [0.15, 0.2) is 28.4 Å². The Morgan fingerprint density at radius 1 is 0.923 bits per heavy atom. The first-order chi connectivity index (χ1) is 17.7. The molecule has 0 spiro atoms. The number of halogens is 12. The molecule has 1 aliphatic rings. The Labute approximate surface area is 221 Å². The third-order valence-electron chi connectivity index (χ3n) is 5.23. The van der Waals surface area contributed by atoms with E-state index in [1.807, 2.05) is 0 Å². The Morgan fingerprint density at radius 3 is 1.87 bits per heavy atom. The molecule has 0 aliphatic carbocycles. The van der Waals surface area contributed by atoms with E-state index in [9.17, 15) is 62.3 Å². The molecule has 1 aliphatic heterocycles. The van der Waals surface area contributed by atoms with Crippen LogP contribution in [0.15, 0.2) is 0 Å². The van der Waals surface area contributed by atoms with Gasteiger partial charge in [0.25, 0.3) is 5.91 Å². The number of ether oxygens (including phenoxy) is 1. The van der Waals surface area contributed by atoms with Gasteiger partial charge in [-0.2, -0.15) is 42.5 Å². The highest BCUT2D eigenvalue weighted by atomic mass is 32.2. The first-order valence-corrected chi connectivity index (χ1v) is 12.0. The fourth-order valence-corrected chi connectivity index (χ4v) is 4.45. The molecule has 1 aromatic rings. The maximum Gasteiger partial charge on any atom is 0.460 e. The van der Waals surface area contributed by atoms with E-state index in [2.05, 4.69) is 4.74 Å². The molecule has 220 valence electrons. The second-order valence-corrected chi connectivity index (χ2v) is 9.74. The highest BCUT2D eigenvalue weighted by molar-refractivity contribution is 7.99. The third kappa shape index (κ3) is 5.88. The molecule has 1 atom stereocenters. The Kier molecular flexibility index (Phi) is 9.73. The summed E-state index contributed by atoms with van der Waals surface area (Å²) in [6.07, 6.45) is -6.73. The quantitative estimate of drug-likeness (QED) is 0.0863. The van der Waals surface area contributed by atoms with Gasteiger partial charge in [-0.15, -0.1) is 0 Å². The van der Waals surface area contributed by atoms with Crippen molar-refractivity contribution in [2.75, 3.05) is 29.6 Å². The number of hydrogen-bond acceptors (Lipinski definition) is 5. The number of anilines is 1. The summed E-state index contributed by atoms with van der Waals surface area (Å²) in [5, 5.41) is -0.636. The van der Waals surface area contributed by atoms with E-state index in [1.165, 1.54) is 13.8 Å². The number of carbonyl (C=O) groups is 2. The van der Waals surface area contributed by atoms with E-state index in [0.717, 1.165) is 16.7 Å². The first kappa shape index (κ1) is 32.8. The number of esters is 1. The smallest absolute Gasteiger partial charge is 0.460 e. The molecule has 39 heavy (non-hydrogen) atoms. The largest absolute Gasteiger partial charge is 0.460 e. The zero-order chi connectivity index (χ0) is 30.2. The van der Waals surface area contributed by atoms with Gasteiger partial charge in [-0.1, -0.05) is 13.8 Å². The van der Waals surface area contributed by atoms with Crippen LogP contribution in [-0.2, 0) is 14.3 Å². The third-order valence-corrected chi connectivity index (χ3v) is 6.58. The van der Waals surface area contributed by atoms with Crippen LogP contribution in [0.1, 0.15) is 13.8 Å². The predicted molar refractivity (Wildman–Crippen MR) is 116 cm³/mol. The van der Waals surface area contributed by atoms with Gasteiger partial charge in [0.2, 0.25) is 5.82 Å². The van der Waals surface area contributed by atoms with Crippen LogP contribution in [-0.4, -0.2) is 70.6 Å². The number of alkyl halides is 7. The summed E-state index contributed by atoms with van der Waals surface area (Å²) in [6, 6.07) is -1.24. The molecule has 0 saturated carbocycles. The van der Waals surface area contributed by atoms with Gasteiger partial charge >= 0.3 is 24.0 Å². The molecular weight excluding hydrogens is 608 g/mol. The zero-order valence-corrected chi connectivity index (χ0v) is 21.1. The fourth-order valence-electron chi connectivity index (χ4n) is 3.34. The Bertz CT molecular complexity index is 1120. The lowest BCUT2D eigenvalue weighted by molar-refractivity contribution is -0.348. The molecule has 1 unspecified atom stereocenters. The molecule has 5 nitrogen and oxygen atoms in total. The predicted octanol–water partition coefficient (Wildman–Crippen LogP) is 5.45. The zero-order valence-electron chi connectivity index (χ0n) is 19.5. The van der Waals surface area contributed by atoms with Crippen molar-refractivity contribution in [3.63, 3.8) is 0 Å². The van der Waals surface area contributed by atoms with Crippen molar-refractivity contribution < 1.29 is 67.0 Å². The minimum absolute atomic E-state index is 0.117. The number of thiocarbonyl (C=S) groups is 1. The van der Waals surface area contributed by atoms with Crippen LogP contribution in [0, 0.1) is 35.0 Å². The summed E-state index contributed by atoms with van der Waals surface area (Å²) in [5.41, 5.74) is -1.59. The van der Waals surface area contributed by atoms with Crippen LogP contribution < -0.4 is 4.90 Å². The van der Waals surface area contributed by atoms with Crippen molar-refractivity contribution in [2.45, 2.75) is 37.9 Å². The number of amides is 1. The van der Waals surface area contributed by atoms with Crippen LogP contribution >= 0.6 is 24.0 Å². The van der Waals surface area contributed by atoms with Gasteiger partial charge in [-0.3, -0.25) is 4.79 Å². The highest BCUT2D eigenvalue weighted by Gasteiger charge is 2.77. The standard InChI is InChI=1S/C20H16F12N2O3S2/c1-7(2)13-15(35)34(14-11(24)9(22)8(21)10(23)12(14)25)17(38)33(13)3-5-39-6-4-37-16(36)18(26,27)19(28,29)20(30,31)32/h7,13H,3-6H2,1-2H3. The van der Waals surface area contributed by atoms with Gasteiger partial charge in [0.1, 0.15) is 18.3 Å². The summed E-state index contributed by atoms with van der Waals surface area (Å²) >= 11 is 5.78. The number of carbonyl (C=O) groups excluding carboxylic acids is 2. The maximum atomic E-state index is 14.3. The molecule has 1 saturated heterocycles. The van der Waals surface area contributed by atoms with Gasteiger partial charge in [-0.05, 0) is 18.1 Å². The fraction of sp³-hybridized carbons (Fsp3) is 0.550. The Morgan fingerprint density at radius 2 is 1.41 bits per heavy atom.